The molecule has 0 atom stereocenters. The number of aryl methyl sites for hydroxylation is 1. The molecule has 122 valence electrons. The third-order valence-electron chi connectivity index (χ3n) is 3.14. The van der Waals surface area contributed by atoms with Gasteiger partial charge in [0.15, 0.2) is 0 Å². The molecule has 0 saturated heterocycles. The van der Waals surface area contributed by atoms with Crippen LogP contribution in [0.3, 0.4) is 0 Å². The van der Waals surface area contributed by atoms with E-state index in [1.165, 1.54) is 13.2 Å². The summed E-state index contributed by atoms with van der Waals surface area (Å²) in [6.45, 7) is 1.81. The number of benzene rings is 2. The highest BCUT2D eigenvalue weighted by atomic mass is 127. The zero-order valence-electron chi connectivity index (χ0n) is 12.3. The second-order valence-electron chi connectivity index (χ2n) is 4.85. The van der Waals surface area contributed by atoms with Crippen molar-refractivity contribution in [3.8, 4) is 5.75 Å². The molecule has 0 aromatic heterocycles. The van der Waals surface area contributed by atoms with Crippen molar-refractivity contribution in [2.45, 2.75) is 13.1 Å². The molecule has 0 bridgehead atoms. The zero-order chi connectivity index (χ0) is 17.2. The maximum absolute atomic E-state index is 12.8. The fraction of sp³-hybridized carbons (Fsp3) is 0.188. The summed E-state index contributed by atoms with van der Waals surface area (Å²) in [7, 11) is 1.43. The van der Waals surface area contributed by atoms with Crippen LogP contribution in [0.5, 0.6) is 5.75 Å². The Labute approximate surface area is 145 Å². The van der Waals surface area contributed by atoms with Gasteiger partial charge < -0.3 is 10.1 Å². The molecule has 2 rings (SSSR count). The van der Waals surface area contributed by atoms with Crippen LogP contribution in [0.1, 0.15) is 21.5 Å². The zero-order valence-corrected chi connectivity index (χ0v) is 14.4. The minimum absolute atomic E-state index is 0.106. The van der Waals surface area contributed by atoms with Crippen LogP contribution in [-0.4, -0.2) is 13.0 Å². The molecule has 2 aromatic carbocycles. The average Bonchev–Trinajstić information content (AvgIpc) is 2.48. The Hall–Kier alpha value is -1.77. The summed E-state index contributed by atoms with van der Waals surface area (Å²) in [5.41, 5.74) is 0.397. The van der Waals surface area contributed by atoms with Crippen LogP contribution in [0, 0.1) is 10.5 Å². The van der Waals surface area contributed by atoms with Gasteiger partial charge in [-0.25, -0.2) is 0 Å². The van der Waals surface area contributed by atoms with Crippen molar-refractivity contribution in [1.29, 1.82) is 0 Å². The third-order valence-corrected chi connectivity index (χ3v) is 4.08. The first kappa shape index (κ1) is 17.6. The maximum Gasteiger partial charge on any atom is 0.416 e. The van der Waals surface area contributed by atoms with Crippen molar-refractivity contribution in [2.75, 3.05) is 12.4 Å². The van der Waals surface area contributed by atoms with Gasteiger partial charge in [-0.15, -0.1) is 0 Å². The molecule has 7 heteroatoms. The smallest absolute Gasteiger partial charge is 0.416 e. The van der Waals surface area contributed by atoms with Crippen LogP contribution < -0.4 is 10.1 Å². The summed E-state index contributed by atoms with van der Waals surface area (Å²) in [6, 6.07) is 8.25. The van der Waals surface area contributed by atoms with E-state index in [0.29, 0.717) is 9.32 Å². The van der Waals surface area contributed by atoms with Gasteiger partial charge in [0.2, 0.25) is 0 Å². The molecule has 1 amide bonds. The molecule has 3 nitrogen and oxygen atoms in total. The van der Waals surface area contributed by atoms with Crippen LogP contribution in [-0.2, 0) is 6.18 Å². The third kappa shape index (κ3) is 4.15. The van der Waals surface area contributed by atoms with Gasteiger partial charge >= 0.3 is 6.18 Å². The lowest BCUT2D eigenvalue weighted by atomic mass is 10.1. The Morgan fingerprint density at radius 2 is 1.87 bits per heavy atom. The van der Waals surface area contributed by atoms with Gasteiger partial charge in [-0.05, 0) is 59.8 Å². The number of alkyl halides is 3. The van der Waals surface area contributed by atoms with Crippen molar-refractivity contribution in [3.63, 3.8) is 0 Å². The van der Waals surface area contributed by atoms with Crippen LogP contribution in [0.15, 0.2) is 36.4 Å². The maximum atomic E-state index is 12.8. The summed E-state index contributed by atoms with van der Waals surface area (Å²) in [4.78, 5) is 12.4. The first-order chi connectivity index (χ1) is 10.7. The largest absolute Gasteiger partial charge is 0.496 e. The molecule has 0 radical (unpaired) electrons. The number of carbonyl (C=O) groups excluding carboxylic acids is 1. The molecule has 0 aliphatic carbocycles. The Bertz CT molecular complexity index is 745. The van der Waals surface area contributed by atoms with E-state index in [1.807, 2.05) is 29.5 Å². The molecule has 0 saturated carbocycles. The summed E-state index contributed by atoms with van der Waals surface area (Å²) < 4.78 is 44.0. The Kier molecular flexibility index (Phi) is 5.18. The number of methoxy groups -OCH3 is 1. The number of amides is 1. The van der Waals surface area contributed by atoms with Crippen molar-refractivity contribution in [3.05, 3.63) is 56.7 Å². The molecule has 1 N–H and O–H groups in total. The molecular weight excluding hydrogens is 422 g/mol. The molecule has 2 aromatic rings. The van der Waals surface area contributed by atoms with Gasteiger partial charge in [-0.2, -0.15) is 13.2 Å². The first-order valence-electron chi connectivity index (χ1n) is 6.55. The number of anilines is 1. The predicted octanol–water partition coefficient (Wildman–Crippen LogP) is 4.88. The van der Waals surface area contributed by atoms with Crippen molar-refractivity contribution < 1.29 is 22.7 Å². The number of hydrogen-bond acceptors (Lipinski definition) is 2. The standard InChI is InChI=1S/C16H13F3INO2/c1-9-3-6-14(23-2)11(7-9)15(22)21-13-8-10(16(17,18)19)4-5-12(13)20/h3-8H,1-2H3,(H,21,22). The average molecular weight is 435 g/mol. The van der Waals surface area contributed by atoms with Crippen LogP contribution in [0.4, 0.5) is 18.9 Å². The number of hydrogen-bond donors (Lipinski definition) is 1. The molecule has 0 spiro atoms. The van der Waals surface area contributed by atoms with E-state index in [2.05, 4.69) is 5.32 Å². The Balaban J connectivity index is 2.36. The topological polar surface area (TPSA) is 38.3 Å². The summed E-state index contributed by atoms with van der Waals surface area (Å²) in [6.07, 6.45) is -4.47. The Morgan fingerprint density at radius 1 is 1.17 bits per heavy atom. The first-order valence-corrected chi connectivity index (χ1v) is 7.63. The van der Waals surface area contributed by atoms with Crippen LogP contribution in [0.2, 0.25) is 0 Å². The van der Waals surface area contributed by atoms with Gasteiger partial charge in [0, 0.05) is 3.57 Å². The predicted molar refractivity (Wildman–Crippen MR) is 89.8 cm³/mol. The van der Waals surface area contributed by atoms with Crippen LogP contribution >= 0.6 is 22.6 Å². The fourth-order valence-electron chi connectivity index (χ4n) is 1.99. The highest BCUT2D eigenvalue weighted by Crippen LogP contribution is 2.33. The van der Waals surface area contributed by atoms with E-state index < -0.39 is 17.6 Å². The van der Waals surface area contributed by atoms with E-state index in [0.717, 1.165) is 17.7 Å². The normalized spacial score (nSPS) is 11.2. The van der Waals surface area contributed by atoms with E-state index in [-0.39, 0.29) is 11.3 Å². The molecule has 23 heavy (non-hydrogen) atoms. The molecule has 0 aliphatic heterocycles. The molecule has 0 heterocycles. The van der Waals surface area contributed by atoms with Crippen LogP contribution in [0.25, 0.3) is 0 Å². The number of halogens is 4. The lowest BCUT2D eigenvalue weighted by molar-refractivity contribution is -0.137. The number of ether oxygens (including phenoxy) is 1. The molecule has 0 unspecified atom stereocenters. The summed E-state index contributed by atoms with van der Waals surface area (Å²) in [5, 5.41) is 2.51. The number of rotatable bonds is 3. The molecule has 0 fully saturated rings. The minimum Gasteiger partial charge on any atom is -0.496 e. The number of nitrogens with one attached hydrogen (secondary N) is 1. The van der Waals surface area contributed by atoms with Crippen molar-refractivity contribution in [2.24, 2.45) is 0 Å². The van der Waals surface area contributed by atoms with E-state index in [9.17, 15) is 18.0 Å². The lowest BCUT2D eigenvalue weighted by Gasteiger charge is -2.13. The Morgan fingerprint density at radius 3 is 2.48 bits per heavy atom. The lowest BCUT2D eigenvalue weighted by Crippen LogP contribution is -2.15. The monoisotopic (exact) mass is 435 g/mol. The van der Waals surface area contributed by atoms with Gasteiger partial charge in [-0.3, -0.25) is 4.79 Å². The molecule has 0 aliphatic rings. The van der Waals surface area contributed by atoms with E-state index >= 15 is 0 Å². The SMILES string of the molecule is COc1ccc(C)cc1C(=O)Nc1cc(C(F)(F)F)ccc1I. The van der Waals surface area contributed by atoms with Crippen molar-refractivity contribution >= 4 is 34.2 Å². The quantitative estimate of drug-likeness (QED) is 0.699. The second-order valence-corrected chi connectivity index (χ2v) is 6.01. The van der Waals surface area contributed by atoms with Crippen molar-refractivity contribution in [1.82, 2.24) is 0 Å². The van der Waals surface area contributed by atoms with Gasteiger partial charge in [-0.1, -0.05) is 11.6 Å². The molecular formula is C16H13F3INO2. The fourth-order valence-corrected chi connectivity index (χ4v) is 2.46. The van der Waals surface area contributed by atoms with E-state index in [4.69, 9.17) is 4.74 Å². The minimum atomic E-state index is -4.47. The summed E-state index contributed by atoms with van der Waals surface area (Å²) >= 11 is 1.87. The van der Waals surface area contributed by atoms with Gasteiger partial charge in [0.05, 0.1) is 23.9 Å². The summed E-state index contributed by atoms with van der Waals surface area (Å²) in [5.74, 6) is -0.169. The van der Waals surface area contributed by atoms with Gasteiger partial charge in [0.1, 0.15) is 5.75 Å². The second kappa shape index (κ2) is 6.77. The van der Waals surface area contributed by atoms with Gasteiger partial charge in [0.25, 0.3) is 5.91 Å². The number of carbonyl (C=O) groups is 1. The highest BCUT2D eigenvalue weighted by Gasteiger charge is 2.31. The highest BCUT2D eigenvalue weighted by molar-refractivity contribution is 14.1. The van der Waals surface area contributed by atoms with E-state index in [1.54, 1.807) is 18.2 Å².